The maximum atomic E-state index is 12.6. The minimum absolute atomic E-state index is 0.0194. The molecule has 31 heavy (non-hydrogen) atoms. The Labute approximate surface area is 181 Å². The fraction of sp³-hybridized carbons (Fsp3) is 0. The molecule has 7 nitrogen and oxygen atoms in total. The molecule has 0 atom stereocenters. The molecule has 0 bridgehead atoms. The number of aliphatic imine (C=N–C) groups is 1. The fourth-order valence-corrected chi connectivity index (χ4v) is 5.22. The Hall–Kier alpha value is -3.69. The van der Waals surface area contributed by atoms with Crippen LogP contribution in [0.15, 0.2) is 82.1 Å². The number of fused-ring (bicyclic) bond motifs is 3. The van der Waals surface area contributed by atoms with Gasteiger partial charge in [-0.1, -0.05) is 18.2 Å². The van der Waals surface area contributed by atoms with Crippen LogP contribution in [0.5, 0.6) is 5.88 Å². The van der Waals surface area contributed by atoms with Crippen molar-refractivity contribution >= 4 is 60.1 Å². The quantitative estimate of drug-likeness (QED) is 0.328. The monoisotopic (exact) mass is 448 g/mol. The Balaban J connectivity index is 1.44. The minimum Gasteiger partial charge on any atom is -0.494 e. The third kappa shape index (κ3) is 3.65. The molecule has 0 saturated heterocycles. The molecule has 0 radical (unpaired) electrons. The molecule has 2 aromatic heterocycles. The van der Waals surface area contributed by atoms with Crippen molar-refractivity contribution in [1.29, 1.82) is 0 Å². The van der Waals surface area contributed by atoms with E-state index < -0.39 is 10.0 Å². The predicted octanol–water partition coefficient (Wildman–Crippen LogP) is 5.03. The van der Waals surface area contributed by atoms with Crippen LogP contribution in [-0.4, -0.2) is 29.7 Å². The van der Waals surface area contributed by atoms with E-state index in [1.54, 1.807) is 48.1 Å². The minimum atomic E-state index is -3.69. The number of H-pyrrole nitrogens is 1. The van der Waals surface area contributed by atoms with E-state index in [-0.39, 0.29) is 10.8 Å². The molecular weight excluding hydrogens is 432 g/mol. The second kappa shape index (κ2) is 7.53. The maximum Gasteiger partial charge on any atom is 0.261 e. The number of aromatic amines is 1. The molecule has 0 saturated carbocycles. The van der Waals surface area contributed by atoms with Crippen LogP contribution in [0.4, 0.5) is 11.4 Å². The van der Waals surface area contributed by atoms with Crippen molar-refractivity contribution in [2.45, 2.75) is 4.90 Å². The van der Waals surface area contributed by atoms with Crippen molar-refractivity contribution in [1.82, 2.24) is 9.97 Å². The lowest BCUT2D eigenvalue weighted by Crippen LogP contribution is -2.12. The smallest absolute Gasteiger partial charge is 0.261 e. The number of aromatic hydroxyl groups is 1. The molecule has 3 aromatic carbocycles. The van der Waals surface area contributed by atoms with E-state index >= 15 is 0 Å². The number of nitrogens with one attached hydrogen (secondary N) is 2. The highest BCUT2D eigenvalue weighted by Crippen LogP contribution is 2.34. The van der Waals surface area contributed by atoms with E-state index in [0.717, 1.165) is 21.1 Å². The van der Waals surface area contributed by atoms with Gasteiger partial charge in [0.2, 0.25) is 0 Å². The number of anilines is 1. The Morgan fingerprint density at radius 3 is 2.58 bits per heavy atom. The Morgan fingerprint density at radius 2 is 1.81 bits per heavy atom. The van der Waals surface area contributed by atoms with Gasteiger partial charge in [-0.25, -0.2) is 13.4 Å². The van der Waals surface area contributed by atoms with Crippen molar-refractivity contribution in [2.75, 3.05) is 4.72 Å². The summed E-state index contributed by atoms with van der Waals surface area (Å²) in [6, 6.07) is 18.7. The van der Waals surface area contributed by atoms with E-state index in [9.17, 15) is 13.5 Å². The molecule has 5 aromatic rings. The molecule has 3 N–H and O–H groups in total. The number of benzene rings is 3. The van der Waals surface area contributed by atoms with Crippen molar-refractivity contribution in [3.05, 3.63) is 77.8 Å². The molecule has 0 amide bonds. The highest BCUT2D eigenvalue weighted by molar-refractivity contribution is 7.92. The molecule has 0 aliphatic heterocycles. The summed E-state index contributed by atoms with van der Waals surface area (Å²) in [5.74, 6) is 0.0194. The first-order valence-corrected chi connectivity index (χ1v) is 11.7. The number of sulfonamides is 1. The summed E-state index contributed by atoms with van der Waals surface area (Å²) < 4.78 is 28.6. The van der Waals surface area contributed by atoms with Crippen LogP contribution >= 0.6 is 11.3 Å². The second-order valence-electron chi connectivity index (χ2n) is 6.80. The molecule has 9 heteroatoms. The van der Waals surface area contributed by atoms with Crippen molar-refractivity contribution in [3.8, 4) is 5.88 Å². The number of nitrogens with zero attached hydrogens (tertiary/aromatic N) is 2. The molecule has 0 aliphatic carbocycles. The Kier molecular flexibility index (Phi) is 4.68. The molecule has 154 valence electrons. The van der Waals surface area contributed by atoms with Gasteiger partial charge in [-0.3, -0.25) is 9.71 Å². The summed E-state index contributed by atoms with van der Waals surface area (Å²) >= 11 is 1.49. The molecular formula is C22H16N4O3S2. The molecule has 5 rings (SSSR count). The van der Waals surface area contributed by atoms with Crippen LogP contribution in [0.1, 0.15) is 5.56 Å². The lowest BCUT2D eigenvalue weighted by atomic mass is 10.1. The van der Waals surface area contributed by atoms with Gasteiger partial charge in [0.05, 0.1) is 37.4 Å². The van der Waals surface area contributed by atoms with Crippen LogP contribution in [-0.2, 0) is 10.0 Å². The lowest BCUT2D eigenvalue weighted by Gasteiger charge is -2.07. The predicted molar refractivity (Wildman–Crippen MR) is 124 cm³/mol. The first-order valence-electron chi connectivity index (χ1n) is 9.30. The number of aromatic nitrogens is 2. The summed E-state index contributed by atoms with van der Waals surface area (Å²) in [5, 5.41) is 11.2. The molecule has 0 unspecified atom stereocenters. The van der Waals surface area contributed by atoms with Crippen molar-refractivity contribution in [2.24, 2.45) is 4.99 Å². The average Bonchev–Trinajstić information content (AvgIpc) is 3.36. The average molecular weight is 449 g/mol. The highest BCUT2D eigenvalue weighted by atomic mass is 32.2. The number of rotatable bonds is 5. The fourth-order valence-electron chi connectivity index (χ4n) is 3.31. The first kappa shape index (κ1) is 19.3. The van der Waals surface area contributed by atoms with Gasteiger partial charge in [-0.15, -0.1) is 11.3 Å². The molecule has 0 spiro atoms. The van der Waals surface area contributed by atoms with Gasteiger partial charge in [0, 0.05) is 17.3 Å². The van der Waals surface area contributed by atoms with E-state index in [4.69, 9.17) is 0 Å². The van der Waals surface area contributed by atoms with Gasteiger partial charge < -0.3 is 10.1 Å². The Bertz CT molecular complexity index is 1520. The van der Waals surface area contributed by atoms with Crippen molar-refractivity contribution < 1.29 is 13.5 Å². The van der Waals surface area contributed by atoms with E-state index in [0.29, 0.717) is 16.9 Å². The van der Waals surface area contributed by atoms with Gasteiger partial charge >= 0.3 is 0 Å². The zero-order valence-corrected chi connectivity index (χ0v) is 17.6. The van der Waals surface area contributed by atoms with Gasteiger partial charge in [-0.2, -0.15) is 0 Å². The molecule has 2 heterocycles. The molecule has 0 aliphatic rings. The van der Waals surface area contributed by atoms with Gasteiger partial charge in [0.15, 0.2) is 5.88 Å². The maximum absolute atomic E-state index is 12.6. The lowest BCUT2D eigenvalue weighted by molar-refractivity contribution is 0.457. The summed E-state index contributed by atoms with van der Waals surface area (Å²) in [7, 11) is -3.69. The van der Waals surface area contributed by atoms with Crippen molar-refractivity contribution in [3.63, 3.8) is 0 Å². The Morgan fingerprint density at radius 1 is 1.03 bits per heavy atom. The second-order valence-corrected chi connectivity index (χ2v) is 9.34. The number of para-hydroxylation sites is 1. The third-order valence-corrected chi connectivity index (χ3v) is 7.05. The van der Waals surface area contributed by atoms with Crippen LogP contribution in [0, 0.1) is 0 Å². The summed E-state index contributed by atoms with van der Waals surface area (Å²) in [5.41, 5.74) is 5.03. The van der Waals surface area contributed by atoms with Crippen LogP contribution in [0.3, 0.4) is 0 Å². The van der Waals surface area contributed by atoms with E-state index in [2.05, 4.69) is 19.7 Å². The zero-order valence-electron chi connectivity index (χ0n) is 16.0. The normalized spacial score (nSPS) is 12.1. The standard InChI is InChI=1S/C22H16N4O3S2/c27-22-17(20-18(25-22)10-11-19-21(20)30-13-24-19)12-23-14-6-8-16(9-7-14)31(28,29)26-15-4-2-1-3-5-15/h1-13,25-27H. The SMILES string of the molecule is O=S(=O)(Nc1ccccc1)c1ccc(N=Cc2c(O)[nH]c3ccc4ncsc4c23)cc1. The third-order valence-electron chi connectivity index (χ3n) is 4.79. The highest BCUT2D eigenvalue weighted by Gasteiger charge is 2.15. The summed E-state index contributed by atoms with van der Waals surface area (Å²) in [6.45, 7) is 0. The summed E-state index contributed by atoms with van der Waals surface area (Å²) in [6.07, 6.45) is 1.57. The van der Waals surface area contributed by atoms with Crippen LogP contribution in [0.2, 0.25) is 0 Å². The first-order chi connectivity index (χ1) is 15.0. The summed E-state index contributed by atoms with van der Waals surface area (Å²) in [4.78, 5) is 11.8. The van der Waals surface area contributed by atoms with Gasteiger partial charge in [0.1, 0.15) is 0 Å². The topological polar surface area (TPSA) is 107 Å². The number of hydrogen-bond acceptors (Lipinski definition) is 6. The van der Waals surface area contributed by atoms with Crippen LogP contribution < -0.4 is 4.72 Å². The zero-order chi connectivity index (χ0) is 21.4. The number of thiazole rings is 1. The van der Waals surface area contributed by atoms with E-state index in [1.165, 1.54) is 23.5 Å². The van der Waals surface area contributed by atoms with Crippen LogP contribution in [0.25, 0.3) is 21.1 Å². The molecule has 0 fully saturated rings. The number of hydrogen-bond donors (Lipinski definition) is 3. The van der Waals surface area contributed by atoms with E-state index in [1.807, 2.05) is 18.2 Å². The van der Waals surface area contributed by atoms with Gasteiger partial charge in [0.25, 0.3) is 10.0 Å². The van der Waals surface area contributed by atoms with Gasteiger partial charge in [-0.05, 0) is 48.5 Å². The largest absolute Gasteiger partial charge is 0.494 e.